The Morgan fingerprint density at radius 1 is 0.652 bits per heavy atom. The number of nitrogens with one attached hydrogen (secondary N) is 9. The van der Waals surface area contributed by atoms with Gasteiger partial charge in [-0.2, -0.15) is 0 Å². The molecule has 0 saturated carbocycles. The summed E-state index contributed by atoms with van der Waals surface area (Å²) < 4.78 is 0. The highest BCUT2D eigenvalue weighted by Gasteiger charge is 2.34. The number of aliphatic imine (C=N–C) groups is 1. The van der Waals surface area contributed by atoms with Crippen LogP contribution in [0, 0.1) is 5.92 Å². The maximum absolute atomic E-state index is 13.7. The smallest absolute Gasteiger partial charge is 0.326 e. The Balaban J connectivity index is 2.16. The first-order chi connectivity index (χ1) is 32.5. The van der Waals surface area contributed by atoms with Crippen LogP contribution in [-0.2, 0) is 64.0 Å². The summed E-state index contributed by atoms with van der Waals surface area (Å²) in [6.07, 6.45) is -1.77. The molecule has 1 aromatic rings. The highest BCUT2D eigenvalue weighted by molar-refractivity contribution is 5.98. The summed E-state index contributed by atoms with van der Waals surface area (Å²) in [5.41, 5.74) is 16.5. The second-order valence-corrected chi connectivity index (χ2v) is 16.1. The fourth-order valence-electron chi connectivity index (χ4n) is 6.57. The first kappa shape index (κ1) is 57.2. The fourth-order valence-corrected chi connectivity index (χ4v) is 6.57. The van der Waals surface area contributed by atoms with Crippen LogP contribution in [0.25, 0.3) is 0 Å². The number of hydrogen-bond donors (Lipinski definition) is 15. The van der Waals surface area contributed by atoms with Crippen LogP contribution < -0.4 is 65.1 Å². The molecule has 2 rings (SSSR count). The third-order valence-electron chi connectivity index (χ3n) is 10.0. The van der Waals surface area contributed by atoms with Crippen molar-refractivity contribution >= 4 is 77.0 Å². The first-order valence-electron chi connectivity index (χ1n) is 21.6. The summed E-state index contributed by atoms with van der Waals surface area (Å²) in [4.78, 5) is 155. The number of carbonyl (C=O) groups is 12. The van der Waals surface area contributed by atoms with E-state index in [1.54, 1.807) is 44.2 Å². The Morgan fingerprint density at radius 3 is 1.70 bits per heavy atom. The van der Waals surface area contributed by atoms with E-state index in [0.29, 0.717) is 13.0 Å². The highest BCUT2D eigenvalue weighted by atomic mass is 16.4. The zero-order valence-corrected chi connectivity index (χ0v) is 37.9. The molecular weight excluding hydrogens is 915 g/mol. The van der Waals surface area contributed by atoms with Crippen molar-refractivity contribution in [3.05, 3.63) is 35.9 Å². The lowest BCUT2D eigenvalue weighted by Crippen LogP contribution is -2.58. The van der Waals surface area contributed by atoms with Crippen LogP contribution >= 0.6 is 0 Å². The zero-order valence-electron chi connectivity index (χ0n) is 37.9. The third kappa shape index (κ3) is 22.0. The van der Waals surface area contributed by atoms with Crippen molar-refractivity contribution in [1.82, 2.24) is 47.9 Å². The molecule has 0 aromatic heterocycles. The fraction of sp³-hybridized carbons (Fsp3) is 0.537. The molecule has 0 unspecified atom stereocenters. The van der Waals surface area contributed by atoms with Crippen LogP contribution in [-0.4, -0.2) is 161 Å². The number of amides is 9. The number of aliphatic carboxylic acids is 3. The number of hydrogen-bond acceptors (Lipinski definition) is 14. The monoisotopic (exact) mass is 975 g/mol. The molecule has 1 aliphatic heterocycles. The van der Waals surface area contributed by atoms with Gasteiger partial charge in [0.05, 0.1) is 38.4 Å². The molecular formula is C41H61N13O15. The van der Waals surface area contributed by atoms with Crippen molar-refractivity contribution in [1.29, 1.82) is 0 Å². The number of rotatable bonds is 30. The number of benzene rings is 1. The number of carboxylic acids is 3. The lowest BCUT2D eigenvalue weighted by atomic mass is 10.0. The van der Waals surface area contributed by atoms with Gasteiger partial charge in [0.15, 0.2) is 5.96 Å². The zero-order chi connectivity index (χ0) is 51.8. The van der Waals surface area contributed by atoms with Crippen molar-refractivity contribution in [2.45, 2.75) is 108 Å². The molecule has 1 aromatic carbocycles. The van der Waals surface area contributed by atoms with Gasteiger partial charge in [-0.25, -0.2) is 4.79 Å². The van der Waals surface area contributed by atoms with Gasteiger partial charge in [-0.1, -0.05) is 44.2 Å². The van der Waals surface area contributed by atoms with E-state index in [0.717, 1.165) is 12.0 Å². The van der Waals surface area contributed by atoms with Crippen molar-refractivity contribution < 1.29 is 72.9 Å². The van der Waals surface area contributed by atoms with Gasteiger partial charge in [-0.15, -0.1) is 0 Å². The van der Waals surface area contributed by atoms with Gasteiger partial charge < -0.3 is 80.4 Å². The third-order valence-corrected chi connectivity index (χ3v) is 10.0. The molecule has 7 atom stereocenters. The molecule has 28 nitrogen and oxygen atoms in total. The average Bonchev–Trinajstić information content (AvgIpc) is 3.82. The summed E-state index contributed by atoms with van der Waals surface area (Å²) >= 11 is 0. The molecule has 69 heavy (non-hydrogen) atoms. The minimum absolute atomic E-state index is 0.00954. The average molecular weight is 976 g/mol. The van der Waals surface area contributed by atoms with E-state index in [4.69, 9.17) is 17.2 Å². The van der Waals surface area contributed by atoms with E-state index in [9.17, 15) is 72.9 Å². The lowest BCUT2D eigenvalue weighted by molar-refractivity contribution is -0.145. The van der Waals surface area contributed by atoms with Gasteiger partial charge in [-0.3, -0.25) is 57.7 Å². The Hall–Kier alpha value is -7.91. The quantitative estimate of drug-likeness (QED) is 0.0194. The van der Waals surface area contributed by atoms with E-state index < -0.39 is 146 Å². The second kappa shape index (κ2) is 29.0. The van der Waals surface area contributed by atoms with Crippen LogP contribution in [0.15, 0.2) is 35.3 Å². The van der Waals surface area contributed by atoms with E-state index >= 15 is 0 Å². The van der Waals surface area contributed by atoms with Crippen LogP contribution in [0.5, 0.6) is 0 Å². The van der Waals surface area contributed by atoms with E-state index in [1.165, 1.54) is 0 Å². The van der Waals surface area contributed by atoms with Gasteiger partial charge in [-0.05, 0) is 43.7 Å². The Labute approximate surface area is 394 Å². The maximum atomic E-state index is 13.7. The highest BCUT2D eigenvalue weighted by Crippen LogP contribution is 2.09. The normalized spacial score (nSPS) is 15.5. The number of guanidine groups is 1. The van der Waals surface area contributed by atoms with Crippen LogP contribution in [0.4, 0.5) is 0 Å². The number of carbonyl (C=O) groups excluding carboxylic acids is 9. The molecule has 1 aliphatic rings. The standard InChI is InChI=1S/C41H61N13O15/c1-20(2)33(54-30(57)19-48-35(63)24(14-21-8-4-3-5-9-21)51-36(64)22-10-6-12-45-22)39(67)50-23(11-7-13-46-41(43)44)34(62)47-18-29(56)49-25(16-31(58)59)37(65)52-26(17-32(60)61)38(66)53-27(40(68)69)15-28(42)55/h3-5,8-9,20,22-27,33,45H,6-7,10-19H2,1-2H3,(H2,42,55)(H,47,62)(H,48,63)(H,49,56)(H,50,67)(H,51,64)(H,52,65)(H,53,66)(H,54,57)(H,58,59)(H,60,61)(H,68,69)(H4,43,44,46)/t22-,23-,24-,25-,26-,27-,33-/m0/s1. The summed E-state index contributed by atoms with van der Waals surface area (Å²) in [6.45, 7) is 2.26. The predicted molar refractivity (Wildman–Crippen MR) is 239 cm³/mol. The Bertz CT molecular complexity index is 2060. The molecule has 1 saturated heterocycles. The minimum Gasteiger partial charge on any atom is -0.481 e. The Morgan fingerprint density at radius 2 is 1.19 bits per heavy atom. The summed E-state index contributed by atoms with van der Waals surface area (Å²) in [7, 11) is 0. The predicted octanol–water partition coefficient (Wildman–Crippen LogP) is -6.26. The molecule has 0 aliphatic carbocycles. The molecule has 1 heterocycles. The molecule has 18 N–H and O–H groups in total. The Kier molecular flexibility index (Phi) is 24.0. The van der Waals surface area contributed by atoms with Gasteiger partial charge in [0.25, 0.3) is 0 Å². The first-order valence-corrected chi connectivity index (χ1v) is 21.6. The van der Waals surface area contributed by atoms with Gasteiger partial charge >= 0.3 is 17.9 Å². The van der Waals surface area contributed by atoms with Crippen molar-refractivity contribution in [2.24, 2.45) is 28.1 Å². The summed E-state index contributed by atoms with van der Waals surface area (Å²) in [5, 5.41) is 49.4. The number of nitrogens with zero attached hydrogens (tertiary/aromatic N) is 1. The molecule has 0 radical (unpaired) electrons. The maximum Gasteiger partial charge on any atom is 0.326 e. The lowest BCUT2D eigenvalue weighted by Gasteiger charge is -2.26. The number of nitrogens with two attached hydrogens (primary N) is 3. The van der Waals surface area contributed by atoms with Crippen LogP contribution in [0.1, 0.15) is 64.4 Å². The molecule has 0 bridgehead atoms. The van der Waals surface area contributed by atoms with E-state index in [1.807, 2.05) is 16.0 Å². The van der Waals surface area contributed by atoms with Crippen molar-refractivity contribution in [3.63, 3.8) is 0 Å². The molecule has 28 heteroatoms. The second-order valence-electron chi connectivity index (χ2n) is 16.1. The molecule has 0 spiro atoms. The van der Waals surface area contributed by atoms with Gasteiger partial charge in [0.1, 0.15) is 36.3 Å². The largest absolute Gasteiger partial charge is 0.481 e. The minimum atomic E-state index is -2.05. The molecule has 9 amide bonds. The molecule has 380 valence electrons. The summed E-state index contributed by atoms with van der Waals surface area (Å²) in [5.74, 6) is -14.8. The van der Waals surface area contributed by atoms with Crippen molar-refractivity contribution in [3.8, 4) is 0 Å². The SMILES string of the molecule is CC(C)[C@H](NC(=O)CNC(=O)[C@H](Cc1ccccc1)NC(=O)[C@@H]1CCCN1)C(=O)N[C@@H](CCCN=C(N)N)C(=O)NCC(=O)N[C@@H](CC(=O)O)C(=O)N[C@@H](CC(=O)O)C(=O)N[C@@H](CC(N)=O)C(=O)O. The van der Waals surface area contributed by atoms with Crippen LogP contribution in [0.2, 0.25) is 0 Å². The van der Waals surface area contributed by atoms with Gasteiger partial charge in [0.2, 0.25) is 53.2 Å². The number of carboxylic acid groups (broad SMARTS) is 3. The summed E-state index contributed by atoms with van der Waals surface area (Å²) in [6, 6.07) is -1.35. The van der Waals surface area contributed by atoms with Crippen molar-refractivity contribution in [2.75, 3.05) is 26.2 Å². The number of primary amides is 1. The van der Waals surface area contributed by atoms with Gasteiger partial charge in [0, 0.05) is 13.0 Å². The topological polar surface area (TPSA) is 464 Å². The van der Waals surface area contributed by atoms with E-state index in [2.05, 4.69) is 36.9 Å². The molecule has 1 fully saturated rings. The van der Waals surface area contributed by atoms with E-state index in [-0.39, 0.29) is 37.7 Å². The van der Waals surface area contributed by atoms with Crippen LogP contribution in [0.3, 0.4) is 0 Å².